The Morgan fingerprint density at radius 3 is 2.32 bits per heavy atom. The molecule has 112 valence electrons. The van der Waals surface area contributed by atoms with Crippen LogP contribution >= 0.6 is 0 Å². The Hall–Kier alpha value is -1.14. The molecule has 0 spiro atoms. The van der Waals surface area contributed by atoms with Crippen LogP contribution in [0.2, 0.25) is 0 Å². The van der Waals surface area contributed by atoms with Crippen molar-refractivity contribution >= 4 is 11.9 Å². The Balaban J connectivity index is 4.03. The summed E-state index contributed by atoms with van der Waals surface area (Å²) in [6, 6.07) is -0.697. The van der Waals surface area contributed by atoms with Crippen LogP contribution in [0, 0.1) is 5.41 Å². The number of ether oxygens (including phenoxy) is 1. The normalized spacial score (nSPS) is 14.8. The second kappa shape index (κ2) is 8.12. The molecule has 0 saturated carbocycles. The van der Waals surface area contributed by atoms with Crippen molar-refractivity contribution in [3.63, 3.8) is 0 Å². The summed E-state index contributed by atoms with van der Waals surface area (Å²) in [5.41, 5.74) is -0.569. The summed E-state index contributed by atoms with van der Waals surface area (Å²) in [5, 5.41) is 21.1. The molecule has 2 unspecified atom stereocenters. The minimum Gasteiger partial charge on any atom is -0.480 e. The van der Waals surface area contributed by atoms with Crippen LogP contribution < -0.4 is 5.32 Å². The quantitative estimate of drug-likeness (QED) is 0.538. The fourth-order valence-corrected chi connectivity index (χ4v) is 1.26. The van der Waals surface area contributed by atoms with Crippen molar-refractivity contribution in [2.45, 2.75) is 52.7 Å². The molecule has 6 heteroatoms. The Bertz CT molecular complexity index is 303. The first-order chi connectivity index (χ1) is 8.74. The van der Waals surface area contributed by atoms with E-state index in [2.05, 4.69) is 5.32 Å². The maximum absolute atomic E-state index is 11.7. The van der Waals surface area contributed by atoms with E-state index >= 15 is 0 Å². The molecule has 0 aromatic rings. The topological polar surface area (TPSA) is 95.9 Å². The fraction of sp³-hybridized carbons (Fsp3) is 0.846. The Morgan fingerprint density at radius 2 is 1.89 bits per heavy atom. The Morgan fingerprint density at radius 1 is 1.32 bits per heavy atom. The highest BCUT2D eigenvalue weighted by atomic mass is 16.5. The molecular formula is C13H25NO5. The Kier molecular flexibility index (Phi) is 7.63. The van der Waals surface area contributed by atoms with Crippen molar-refractivity contribution in [1.29, 1.82) is 0 Å². The molecule has 0 bridgehead atoms. The van der Waals surface area contributed by atoms with Gasteiger partial charge in [0.25, 0.3) is 0 Å². The smallest absolute Gasteiger partial charge is 0.320 e. The number of nitrogens with one attached hydrogen (secondary N) is 1. The molecule has 0 aliphatic carbocycles. The summed E-state index contributed by atoms with van der Waals surface area (Å²) in [4.78, 5) is 22.4. The second-order valence-corrected chi connectivity index (χ2v) is 5.20. The van der Waals surface area contributed by atoms with Crippen molar-refractivity contribution in [2.75, 3.05) is 13.2 Å². The van der Waals surface area contributed by atoms with Gasteiger partial charge in [-0.2, -0.15) is 0 Å². The molecule has 0 aromatic carbocycles. The van der Waals surface area contributed by atoms with Crippen LogP contribution in [-0.2, 0) is 14.3 Å². The van der Waals surface area contributed by atoms with E-state index in [-0.39, 0.29) is 19.1 Å². The van der Waals surface area contributed by atoms with Crippen LogP contribution in [0.1, 0.15) is 40.5 Å². The first kappa shape index (κ1) is 17.9. The van der Waals surface area contributed by atoms with Gasteiger partial charge in [-0.05, 0) is 26.7 Å². The maximum atomic E-state index is 11.7. The zero-order valence-corrected chi connectivity index (χ0v) is 12.1. The van der Waals surface area contributed by atoms with Crippen LogP contribution in [0.5, 0.6) is 0 Å². The largest absolute Gasteiger partial charge is 0.480 e. The first-order valence-corrected chi connectivity index (χ1v) is 6.56. The van der Waals surface area contributed by atoms with E-state index in [1.807, 2.05) is 6.92 Å². The molecular weight excluding hydrogens is 250 g/mol. The lowest BCUT2D eigenvalue weighted by atomic mass is 9.91. The molecule has 6 nitrogen and oxygen atoms in total. The van der Waals surface area contributed by atoms with E-state index in [0.29, 0.717) is 12.8 Å². The number of aliphatic hydroxyl groups excluding tert-OH is 1. The fourth-order valence-electron chi connectivity index (χ4n) is 1.26. The van der Waals surface area contributed by atoms with Gasteiger partial charge < -0.3 is 20.3 Å². The third-order valence-electron chi connectivity index (χ3n) is 3.15. The van der Waals surface area contributed by atoms with E-state index in [0.717, 1.165) is 0 Å². The number of carboxylic acids is 1. The van der Waals surface area contributed by atoms with Gasteiger partial charge in [0.1, 0.15) is 18.8 Å². The van der Waals surface area contributed by atoms with E-state index < -0.39 is 23.5 Å². The van der Waals surface area contributed by atoms with E-state index in [1.165, 1.54) is 0 Å². The molecule has 2 atom stereocenters. The van der Waals surface area contributed by atoms with E-state index in [1.54, 1.807) is 20.8 Å². The summed E-state index contributed by atoms with van der Waals surface area (Å²) < 4.78 is 5.01. The van der Waals surface area contributed by atoms with Gasteiger partial charge in [0, 0.05) is 6.54 Å². The highest BCUT2D eigenvalue weighted by Gasteiger charge is 2.27. The van der Waals surface area contributed by atoms with Crippen LogP contribution in [0.4, 0.5) is 0 Å². The van der Waals surface area contributed by atoms with Crippen LogP contribution in [0.25, 0.3) is 0 Å². The van der Waals surface area contributed by atoms with Gasteiger partial charge in [-0.1, -0.05) is 13.8 Å². The van der Waals surface area contributed by atoms with Gasteiger partial charge in [-0.15, -0.1) is 0 Å². The van der Waals surface area contributed by atoms with Crippen molar-refractivity contribution < 1.29 is 24.5 Å². The van der Waals surface area contributed by atoms with Gasteiger partial charge >= 0.3 is 11.9 Å². The van der Waals surface area contributed by atoms with Crippen molar-refractivity contribution in [1.82, 2.24) is 5.32 Å². The second-order valence-electron chi connectivity index (χ2n) is 5.20. The molecule has 0 rings (SSSR count). The van der Waals surface area contributed by atoms with Gasteiger partial charge in [0.05, 0.1) is 5.41 Å². The lowest BCUT2D eigenvalue weighted by Crippen LogP contribution is -2.42. The van der Waals surface area contributed by atoms with Crippen LogP contribution in [0.3, 0.4) is 0 Å². The van der Waals surface area contributed by atoms with Gasteiger partial charge in [-0.25, -0.2) is 0 Å². The molecule has 0 radical (unpaired) electrons. The van der Waals surface area contributed by atoms with Crippen LogP contribution in [-0.4, -0.2) is 47.4 Å². The van der Waals surface area contributed by atoms with E-state index in [4.69, 9.17) is 9.84 Å². The van der Waals surface area contributed by atoms with Gasteiger partial charge in [-0.3, -0.25) is 9.59 Å². The first-order valence-electron chi connectivity index (χ1n) is 6.56. The van der Waals surface area contributed by atoms with Crippen molar-refractivity contribution in [2.24, 2.45) is 5.41 Å². The lowest BCUT2D eigenvalue weighted by molar-refractivity contribution is -0.157. The third-order valence-corrected chi connectivity index (χ3v) is 3.15. The Labute approximate surface area is 114 Å². The molecule has 0 fully saturated rings. The minimum atomic E-state index is -0.959. The number of esters is 1. The number of carbonyl (C=O) groups excluding carboxylic acids is 1. The maximum Gasteiger partial charge on any atom is 0.320 e. The highest BCUT2D eigenvalue weighted by Crippen LogP contribution is 2.21. The van der Waals surface area contributed by atoms with Crippen molar-refractivity contribution in [3.05, 3.63) is 0 Å². The number of rotatable bonds is 9. The molecule has 0 aliphatic heterocycles. The summed E-state index contributed by atoms with van der Waals surface area (Å²) in [6.07, 6.45) is 0.159. The highest BCUT2D eigenvalue weighted by molar-refractivity contribution is 5.75. The van der Waals surface area contributed by atoms with Crippen molar-refractivity contribution in [3.8, 4) is 0 Å². The lowest BCUT2D eigenvalue weighted by Gasteiger charge is -2.22. The number of aliphatic hydroxyl groups is 1. The number of carbonyl (C=O) groups is 2. The number of aliphatic carboxylic acids is 1. The molecule has 0 aliphatic rings. The van der Waals surface area contributed by atoms with Gasteiger partial charge in [0.2, 0.25) is 0 Å². The summed E-state index contributed by atoms with van der Waals surface area (Å²) in [7, 11) is 0. The zero-order valence-electron chi connectivity index (χ0n) is 12.1. The SMILES string of the molecule is CCC(NCC(O)COC(=O)C(C)(C)CC)C(=O)O. The predicted molar refractivity (Wildman–Crippen MR) is 70.8 cm³/mol. The predicted octanol–water partition coefficient (Wildman–Crippen LogP) is 0.779. The average Bonchev–Trinajstić information content (AvgIpc) is 2.36. The van der Waals surface area contributed by atoms with Gasteiger partial charge in [0.15, 0.2) is 0 Å². The summed E-state index contributed by atoms with van der Waals surface area (Å²) in [6.45, 7) is 7.12. The standard InChI is InChI=1S/C13H25NO5/c1-5-10(11(16)17)14-7-9(15)8-19-12(18)13(3,4)6-2/h9-10,14-15H,5-8H2,1-4H3,(H,16,17). The number of carboxylic acid groups (broad SMARTS) is 1. The minimum absolute atomic E-state index is 0.0740. The summed E-state index contributed by atoms with van der Waals surface area (Å²) >= 11 is 0. The molecule has 19 heavy (non-hydrogen) atoms. The molecule has 3 N–H and O–H groups in total. The van der Waals surface area contributed by atoms with E-state index in [9.17, 15) is 14.7 Å². The molecule has 0 amide bonds. The third kappa shape index (κ3) is 6.54. The average molecular weight is 275 g/mol. The zero-order chi connectivity index (χ0) is 15.1. The molecule has 0 saturated heterocycles. The monoisotopic (exact) mass is 275 g/mol. The summed E-state index contributed by atoms with van der Waals surface area (Å²) in [5.74, 6) is -1.32. The van der Waals surface area contributed by atoms with Crippen LogP contribution in [0.15, 0.2) is 0 Å². The number of hydrogen-bond donors (Lipinski definition) is 3. The molecule has 0 aromatic heterocycles. The number of hydrogen-bond acceptors (Lipinski definition) is 5. The molecule has 0 heterocycles.